The third-order valence-electron chi connectivity index (χ3n) is 4.44. The third-order valence-corrected chi connectivity index (χ3v) is 4.44. The Morgan fingerprint density at radius 2 is 1.64 bits per heavy atom. The molecule has 0 aromatic heterocycles. The van der Waals surface area contributed by atoms with Crippen LogP contribution in [0.1, 0.15) is 35.4 Å². The monoisotopic (exact) mass is 298 g/mol. The standard InChI is InChI=1S/C19H22O3/c1-20-16-12-14-10-7-11-15(13-8-5-4-6-9-13)17(14)19(22-3)18(16)21-2/h4-6,8-9,12,15H,7,10-11H2,1-3H3. The number of ether oxygens (including phenoxy) is 3. The maximum absolute atomic E-state index is 5.72. The van der Waals surface area contributed by atoms with E-state index in [0.29, 0.717) is 11.7 Å². The van der Waals surface area contributed by atoms with Crippen LogP contribution in [0.25, 0.3) is 0 Å². The van der Waals surface area contributed by atoms with Crippen LogP contribution in [-0.2, 0) is 6.42 Å². The fraction of sp³-hybridized carbons (Fsp3) is 0.368. The number of benzene rings is 2. The smallest absolute Gasteiger partial charge is 0.203 e. The Bertz CT molecular complexity index is 649. The van der Waals surface area contributed by atoms with Crippen LogP contribution in [0.2, 0.25) is 0 Å². The van der Waals surface area contributed by atoms with Crippen LogP contribution in [0, 0.1) is 0 Å². The molecule has 0 aliphatic heterocycles. The first-order chi connectivity index (χ1) is 10.8. The minimum absolute atomic E-state index is 0.347. The van der Waals surface area contributed by atoms with Crippen LogP contribution in [0.4, 0.5) is 0 Å². The van der Waals surface area contributed by atoms with Gasteiger partial charge in [-0.1, -0.05) is 30.3 Å². The van der Waals surface area contributed by atoms with E-state index in [4.69, 9.17) is 14.2 Å². The Morgan fingerprint density at radius 1 is 0.909 bits per heavy atom. The van der Waals surface area contributed by atoms with Gasteiger partial charge in [-0.25, -0.2) is 0 Å². The lowest BCUT2D eigenvalue weighted by Crippen LogP contribution is -2.14. The molecule has 0 N–H and O–H groups in total. The number of methoxy groups -OCH3 is 3. The number of fused-ring (bicyclic) bond motifs is 1. The molecule has 0 fully saturated rings. The van der Waals surface area contributed by atoms with Crippen LogP contribution >= 0.6 is 0 Å². The second-order valence-corrected chi connectivity index (χ2v) is 5.57. The highest BCUT2D eigenvalue weighted by Crippen LogP contribution is 2.49. The van der Waals surface area contributed by atoms with Gasteiger partial charge in [0.2, 0.25) is 5.75 Å². The van der Waals surface area contributed by atoms with Gasteiger partial charge in [-0.2, -0.15) is 0 Å². The summed E-state index contributed by atoms with van der Waals surface area (Å²) in [6, 6.07) is 12.7. The quantitative estimate of drug-likeness (QED) is 0.847. The summed E-state index contributed by atoms with van der Waals surface area (Å²) in [6.07, 6.45) is 3.35. The van der Waals surface area contributed by atoms with Gasteiger partial charge in [0.05, 0.1) is 21.3 Å². The summed E-state index contributed by atoms with van der Waals surface area (Å²) < 4.78 is 16.8. The average Bonchev–Trinajstić information content (AvgIpc) is 2.60. The molecule has 2 aromatic rings. The molecule has 0 amide bonds. The molecule has 116 valence electrons. The number of rotatable bonds is 4. The summed E-state index contributed by atoms with van der Waals surface area (Å²) in [7, 11) is 5.03. The van der Waals surface area contributed by atoms with E-state index in [-0.39, 0.29) is 0 Å². The van der Waals surface area contributed by atoms with Crippen LogP contribution < -0.4 is 14.2 Å². The first kappa shape index (κ1) is 14.8. The van der Waals surface area contributed by atoms with Crippen LogP contribution in [0.3, 0.4) is 0 Å². The molecule has 0 saturated heterocycles. The van der Waals surface area contributed by atoms with Gasteiger partial charge in [0.1, 0.15) is 0 Å². The molecule has 0 radical (unpaired) electrons. The topological polar surface area (TPSA) is 27.7 Å². The summed E-state index contributed by atoms with van der Waals surface area (Å²) >= 11 is 0. The highest BCUT2D eigenvalue weighted by Gasteiger charge is 2.29. The molecule has 0 heterocycles. The molecule has 0 spiro atoms. The summed E-state index contributed by atoms with van der Waals surface area (Å²) in [4.78, 5) is 0. The van der Waals surface area contributed by atoms with Gasteiger partial charge in [-0.15, -0.1) is 0 Å². The van der Waals surface area contributed by atoms with Crippen molar-refractivity contribution in [3.63, 3.8) is 0 Å². The first-order valence-corrected chi connectivity index (χ1v) is 7.66. The zero-order valence-electron chi connectivity index (χ0n) is 13.4. The van der Waals surface area contributed by atoms with E-state index < -0.39 is 0 Å². The summed E-state index contributed by atoms with van der Waals surface area (Å²) in [5, 5.41) is 0. The Kier molecular flexibility index (Phi) is 4.23. The van der Waals surface area contributed by atoms with Crippen molar-refractivity contribution in [2.75, 3.05) is 21.3 Å². The Labute approximate surface area is 131 Å². The summed E-state index contributed by atoms with van der Waals surface area (Å²) in [5.74, 6) is 2.59. The second-order valence-electron chi connectivity index (χ2n) is 5.57. The lowest BCUT2D eigenvalue weighted by molar-refractivity contribution is 0.319. The predicted octanol–water partition coefficient (Wildman–Crippen LogP) is 4.18. The van der Waals surface area contributed by atoms with Crippen LogP contribution in [0.5, 0.6) is 17.2 Å². The highest BCUT2D eigenvalue weighted by atomic mass is 16.5. The van der Waals surface area contributed by atoms with E-state index in [2.05, 4.69) is 36.4 Å². The molecule has 3 heteroatoms. The average molecular weight is 298 g/mol. The van der Waals surface area contributed by atoms with Gasteiger partial charge in [0, 0.05) is 11.5 Å². The fourth-order valence-corrected chi connectivity index (χ4v) is 3.48. The SMILES string of the molecule is COc1cc2c(c(OC)c1OC)C(c1ccccc1)CCC2. The molecule has 22 heavy (non-hydrogen) atoms. The number of hydrogen-bond donors (Lipinski definition) is 0. The molecule has 3 nitrogen and oxygen atoms in total. The molecular weight excluding hydrogens is 276 g/mol. The van der Waals surface area contributed by atoms with Gasteiger partial charge >= 0.3 is 0 Å². The number of hydrogen-bond acceptors (Lipinski definition) is 3. The van der Waals surface area contributed by atoms with E-state index in [1.165, 1.54) is 23.1 Å². The summed E-state index contributed by atoms with van der Waals surface area (Å²) in [5.41, 5.74) is 3.88. The van der Waals surface area contributed by atoms with Crippen molar-refractivity contribution in [2.45, 2.75) is 25.2 Å². The number of aryl methyl sites for hydroxylation is 1. The minimum Gasteiger partial charge on any atom is -0.493 e. The predicted molar refractivity (Wildman–Crippen MR) is 87.3 cm³/mol. The van der Waals surface area contributed by atoms with Gasteiger partial charge in [-0.05, 0) is 36.5 Å². The largest absolute Gasteiger partial charge is 0.493 e. The van der Waals surface area contributed by atoms with Crippen molar-refractivity contribution in [1.82, 2.24) is 0 Å². The molecule has 0 bridgehead atoms. The Morgan fingerprint density at radius 3 is 2.27 bits per heavy atom. The van der Waals surface area contributed by atoms with Crippen molar-refractivity contribution in [2.24, 2.45) is 0 Å². The Hall–Kier alpha value is -2.16. The van der Waals surface area contributed by atoms with E-state index in [1.54, 1.807) is 21.3 Å². The van der Waals surface area contributed by atoms with Crippen molar-refractivity contribution in [3.8, 4) is 17.2 Å². The molecule has 1 aliphatic carbocycles. The molecular formula is C19H22O3. The maximum atomic E-state index is 5.72. The van der Waals surface area contributed by atoms with Crippen molar-refractivity contribution < 1.29 is 14.2 Å². The van der Waals surface area contributed by atoms with Crippen molar-refractivity contribution in [1.29, 1.82) is 0 Å². The van der Waals surface area contributed by atoms with Crippen molar-refractivity contribution in [3.05, 3.63) is 53.1 Å². The maximum Gasteiger partial charge on any atom is 0.203 e. The normalized spacial score (nSPS) is 16.8. The van der Waals surface area contributed by atoms with Crippen LogP contribution in [-0.4, -0.2) is 21.3 Å². The molecule has 3 rings (SSSR count). The lowest BCUT2D eigenvalue weighted by Gasteiger charge is -2.29. The molecule has 1 aliphatic rings. The minimum atomic E-state index is 0.347. The van der Waals surface area contributed by atoms with E-state index in [0.717, 1.165) is 24.3 Å². The van der Waals surface area contributed by atoms with Gasteiger partial charge in [-0.3, -0.25) is 0 Å². The zero-order chi connectivity index (χ0) is 15.5. The summed E-state index contributed by atoms with van der Waals surface area (Å²) in [6.45, 7) is 0. The van der Waals surface area contributed by atoms with Gasteiger partial charge in [0.15, 0.2) is 11.5 Å². The molecule has 1 atom stereocenters. The Balaban J connectivity index is 2.20. The van der Waals surface area contributed by atoms with Crippen molar-refractivity contribution >= 4 is 0 Å². The fourth-order valence-electron chi connectivity index (χ4n) is 3.48. The molecule has 0 saturated carbocycles. The van der Waals surface area contributed by atoms with E-state index >= 15 is 0 Å². The van der Waals surface area contributed by atoms with E-state index in [9.17, 15) is 0 Å². The van der Waals surface area contributed by atoms with Crippen LogP contribution in [0.15, 0.2) is 36.4 Å². The highest BCUT2D eigenvalue weighted by molar-refractivity contribution is 5.62. The third kappa shape index (κ3) is 2.41. The molecule has 1 unspecified atom stereocenters. The zero-order valence-corrected chi connectivity index (χ0v) is 13.4. The van der Waals surface area contributed by atoms with Gasteiger partial charge in [0.25, 0.3) is 0 Å². The van der Waals surface area contributed by atoms with E-state index in [1.807, 2.05) is 0 Å². The first-order valence-electron chi connectivity index (χ1n) is 7.66. The van der Waals surface area contributed by atoms with Gasteiger partial charge < -0.3 is 14.2 Å². The second kappa shape index (κ2) is 6.30. The lowest BCUT2D eigenvalue weighted by atomic mass is 9.78. The molecule has 2 aromatic carbocycles.